The van der Waals surface area contributed by atoms with Gasteiger partial charge in [-0.05, 0) is 26.7 Å². The molecule has 0 saturated heterocycles. The molecule has 1 unspecified atom stereocenters. The van der Waals surface area contributed by atoms with Crippen LogP contribution in [0.4, 0.5) is 0 Å². The first kappa shape index (κ1) is 20.2. The van der Waals surface area contributed by atoms with Crippen molar-refractivity contribution in [3.63, 3.8) is 0 Å². The molecule has 0 amide bonds. The third-order valence-corrected chi connectivity index (χ3v) is 3.73. The molecule has 0 fully saturated rings. The van der Waals surface area contributed by atoms with E-state index >= 15 is 0 Å². The lowest BCUT2D eigenvalue weighted by molar-refractivity contribution is 0.580. The molecule has 0 heterocycles. The summed E-state index contributed by atoms with van der Waals surface area (Å²) in [5, 5.41) is 3.04. The first-order valence-corrected chi connectivity index (χ1v) is 7.60. The fraction of sp³-hybridized carbons (Fsp3) is 0.900. The molecule has 110 valence electrons. The van der Waals surface area contributed by atoms with Gasteiger partial charge in [0.1, 0.15) is 0 Å². The predicted octanol–water partition coefficient (Wildman–Crippen LogP) is 0.637. The molecule has 6 nitrogen and oxygen atoms in total. The Bertz CT molecular complexity index is 333. The second-order valence-corrected chi connectivity index (χ2v) is 5.97. The van der Waals surface area contributed by atoms with Crippen molar-refractivity contribution in [2.45, 2.75) is 39.7 Å². The van der Waals surface area contributed by atoms with Gasteiger partial charge in [0.15, 0.2) is 5.96 Å². The quantitative estimate of drug-likeness (QED) is 0.244. The van der Waals surface area contributed by atoms with Gasteiger partial charge in [0.25, 0.3) is 0 Å². The molecule has 0 aromatic heterocycles. The van der Waals surface area contributed by atoms with Gasteiger partial charge in [-0.15, -0.1) is 24.0 Å². The summed E-state index contributed by atoms with van der Waals surface area (Å²) in [7, 11) is -3.09. The Labute approximate surface area is 127 Å². The van der Waals surface area contributed by atoms with Crippen LogP contribution in [0.2, 0.25) is 0 Å². The zero-order valence-electron chi connectivity index (χ0n) is 11.3. The maximum Gasteiger partial charge on any atom is 0.211 e. The number of rotatable bonds is 8. The van der Waals surface area contributed by atoms with E-state index in [2.05, 4.69) is 22.0 Å². The fourth-order valence-electron chi connectivity index (χ4n) is 1.01. The standard InChI is InChI=1S/C10H24N4O2S.HI/c1-4-9(3)14-10(11)12-7-6-8-13-17(15,16)5-2;/h9,13H,4-8H2,1-3H3,(H3,11,12,14);1H. The van der Waals surface area contributed by atoms with Gasteiger partial charge in [0.05, 0.1) is 5.75 Å². The Balaban J connectivity index is 0. The van der Waals surface area contributed by atoms with Crippen LogP contribution in [0.1, 0.15) is 33.6 Å². The smallest absolute Gasteiger partial charge is 0.211 e. The van der Waals surface area contributed by atoms with Crippen LogP contribution in [-0.2, 0) is 10.0 Å². The minimum absolute atomic E-state index is 0. The van der Waals surface area contributed by atoms with E-state index in [0.29, 0.717) is 31.5 Å². The minimum atomic E-state index is -3.09. The first-order valence-electron chi connectivity index (χ1n) is 5.95. The summed E-state index contributed by atoms with van der Waals surface area (Å²) in [5.74, 6) is 0.520. The lowest BCUT2D eigenvalue weighted by atomic mass is 10.3. The Kier molecular flexibility index (Phi) is 12.1. The number of nitrogens with zero attached hydrogens (tertiary/aromatic N) is 1. The van der Waals surface area contributed by atoms with Gasteiger partial charge < -0.3 is 11.1 Å². The molecular weight excluding hydrogens is 367 g/mol. The Morgan fingerprint density at radius 2 is 2.00 bits per heavy atom. The molecule has 0 aliphatic heterocycles. The summed E-state index contributed by atoms with van der Waals surface area (Å²) in [6.07, 6.45) is 1.62. The number of halogens is 1. The predicted molar refractivity (Wildman–Crippen MR) is 86.9 cm³/mol. The van der Waals surface area contributed by atoms with Crippen molar-refractivity contribution in [1.29, 1.82) is 0 Å². The number of nitrogens with one attached hydrogen (secondary N) is 2. The molecule has 8 heteroatoms. The Morgan fingerprint density at radius 1 is 1.39 bits per heavy atom. The van der Waals surface area contributed by atoms with Crippen molar-refractivity contribution in [1.82, 2.24) is 10.0 Å². The second-order valence-electron chi connectivity index (χ2n) is 3.87. The largest absolute Gasteiger partial charge is 0.370 e. The first-order chi connectivity index (χ1) is 7.91. The summed E-state index contributed by atoms with van der Waals surface area (Å²) in [4.78, 5) is 4.11. The van der Waals surface area contributed by atoms with E-state index in [4.69, 9.17) is 5.73 Å². The topological polar surface area (TPSA) is 96.6 Å². The van der Waals surface area contributed by atoms with Gasteiger partial charge in [-0.25, -0.2) is 13.1 Å². The molecule has 4 N–H and O–H groups in total. The van der Waals surface area contributed by atoms with Crippen LogP contribution < -0.4 is 15.8 Å². The van der Waals surface area contributed by atoms with Crippen LogP contribution in [0.5, 0.6) is 0 Å². The minimum Gasteiger partial charge on any atom is -0.370 e. The zero-order valence-corrected chi connectivity index (χ0v) is 14.4. The van der Waals surface area contributed by atoms with Crippen molar-refractivity contribution in [2.24, 2.45) is 10.7 Å². The van der Waals surface area contributed by atoms with E-state index < -0.39 is 10.0 Å². The Morgan fingerprint density at radius 3 is 2.50 bits per heavy atom. The van der Waals surface area contributed by atoms with Gasteiger partial charge in [-0.3, -0.25) is 4.99 Å². The lowest BCUT2D eigenvalue weighted by Gasteiger charge is -2.11. The molecule has 0 spiro atoms. The molecule has 0 aromatic carbocycles. The van der Waals surface area contributed by atoms with E-state index in [1.165, 1.54) is 0 Å². The summed E-state index contributed by atoms with van der Waals surface area (Å²) in [6, 6.07) is 0.303. The van der Waals surface area contributed by atoms with E-state index in [1.54, 1.807) is 6.92 Å². The van der Waals surface area contributed by atoms with E-state index in [9.17, 15) is 8.42 Å². The summed E-state index contributed by atoms with van der Waals surface area (Å²) in [5.41, 5.74) is 5.64. The maximum absolute atomic E-state index is 11.1. The lowest BCUT2D eigenvalue weighted by Crippen LogP contribution is -2.38. The van der Waals surface area contributed by atoms with E-state index in [1.807, 2.05) is 6.92 Å². The van der Waals surface area contributed by atoms with Crippen molar-refractivity contribution in [3.05, 3.63) is 0 Å². The number of aliphatic imine (C=N–C) groups is 1. The van der Waals surface area contributed by atoms with Gasteiger partial charge >= 0.3 is 0 Å². The molecule has 0 aliphatic carbocycles. The number of sulfonamides is 1. The monoisotopic (exact) mass is 392 g/mol. The van der Waals surface area contributed by atoms with Gasteiger partial charge in [-0.2, -0.15) is 0 Å². The SMILES string of the molecule is CCC(C)NC(N)=NCCCNS(=O)(=O)CC.I. The number of guanidine groups is 1. The van der Waals surface area contributed by atoms with Gasteiger partial charge in [0, 0.05) is 19.1 Å². The van der Waals surface area contributed by atoms with Crippen molar-refractivity contribution in [3.8, 4) is 0 Å². The molecule has 0 aromatic rings. The van der Waals surface area contributed by atoms with Crippen molar-refractivity contribution >= 4 is 40.0 Å². The summed E-state index contributed by atoms with van der Waals surface area (Å²) >= 11 is 0. The zero-order chi connectivity index (χ0) is 13.3. The highest BCUT2D eigenvalue weighted by atomic mass is 127. The second kappa shape index (κ2) is 10.8. The molecular formula is C10H25IN4O2S. The van der Waals surface area contributed by atoms with E-state index in [-0.39, 0.29) is 29.7 Å². The van der Waals surface area contributed by atoms with Crippen molar-refractivity contribution in [2.75, 3.05) is 18.8 Å². The van der Waals surface area contributed by atoms with Crippen LogP contribution in [0.25, 0.3) is 0 Å². The average Bonchev–Trinajstić information content (AvgIpc) is 2.28. The average molecular weight is 392 g/mol. The highest BCUT2D eigenvalue weighted by molar-refractivity contribution is 14.0. The van der Waals surface area contributed by atoms with Crippen LogP contribution in [0, 0.1) is 0 Å². The molecule has 0 aliphatic rings. The molecule has 0 bridgehead atoms. The molecule has 18 heavy (non-hydrogen) atoms. The molecule has 0 radical (unpaired) electrons. The number of hydrogen-bond acceptors (Lipinski definition) is 3. The third-order valence-electron chi connectivity index (χ3n) is 2.33. The molecule has 0 saturated carbocycles. The van der Waals surface area contributed by atoms with Gasteiger partial charge in [-0.1, -0.05) is 6.92 Å². The number of hydrogen-bond donors (Lipinski definition) is 3. The number of nitrogens with two attached hydrogens (primary N) is 1. The van der Waals surface area contributed by atoms with Crippen LogP contribution in [0.3, 0.4) is 0 Å². The van der Waals surface area contributed by atoms with E-state index in [0.717, 1.165) is 6.42 Å². The Hall–Kier alpha value is -0.0900. The maximum atomic E-state index is 11.1. The van der Waals surface area contributed by atoms with Crippen molar-refractivity contribution < 1.29 is 8.42 Å². The third kappa shape index (κ3) is 11.0. The highest BCUT2D eigenvalue weighted by Gasteiger charge is 2.04. The van der Waals surface area contributed by atoms with Crippen LogP contribution in [0.15, 0.2) is 4.99 Å². The molecule has 1 atom stereocenters. The fourth-order valence-corrected chi connectivity index (χ4v) is 1.67. The highest BCUT2D eigenvalue weighted by Crippen LogP contribution is 1.88. The van der Waals surface area contributed by atoms with Crippen LogP contribution in [-0.4, -0.2) is 39.3 Å². The normalized spacial score (nSPS) is 13.8. The van der Waals surface area contributed by atoms with Crippen LogP contribution >= 0.6 is 24.0 Å². The summed E-state index contributed by atoms with van der Waals surface area (Å²) < 4.78 is 24.7. The molecule has 0 rings (SSSR count). The summed E-state index contributed by atoms with van der Waals surface area (Å²) in [6.45, 7) is 6.61. The van der Waals surface area contributed by atoms with Gasteiger partial charge in [0.2, 0.25) is 10.0 Å².